The van der Waals surface area contributed by atoms with Crippen molar-refractivity contribution < 1.29 is 125 Å². The molecule has 0 spiro atoms. The average molecular weight is 1990 g/mol. The predicted molar refractivity (Wildman–Crippen MR) is 506 cm³/mol. The average Bonchev–Trinajstić information content (AvgIpc) is 1.63. The number of hydrogen-bond donors (Lipinski definition) is 19. The van der Waals surface area contributed by atoms with E-state index < -0.39 is 260 Å². The number of carboxylic acids is 2. The standard InChI is InChI=1S/C90H131N21O21S.C2HF3O2/c1-13-15-24-70-84(126)99-61(33-48(3)4)81(123)105-68(79(121)96-42-74(94)115)46-133-47-75(116)97-64(35-52-27-29-55(112)30-28-52)86(128)106(9)50(7)77(119)101-66(39-73(93)114)87(129)107(10)51(8)78(120)104-67(40-92)83(125)102-63(34-49(5)6)89(131)111-44-56(113)38-72(111)85(127)100-62(36-53-41-95-59-23-19-17-21-57(53)59)82(124)98-60(31-32-91)80(122)103-65(88(130)109(12)71(25-16-14-2)90(132)108(70)11)37-54-43-110(45-76(117)118)69-26-20-18-22-58(54)69;3-2(4,5)1(6)7/h17-23,26-30,41,43,48-51,56,60-68,70-72,95,112-113H,13-16,24-25,31-40,42,44-47,91-92H2,1-12H3,(H2,93,114)(H2,94,115)(H,96,121)(H,97,116)(H,98,124)(H,99,126)(H,100,127)(H,101,119)(H,102,125)(H,103,122)(H,104,120)(H,105,123)(H,117,118);(H,6,7)/t50-,51-,56+,60-,61-,62-,63-,64-,65-,66-,67-,68-,70-,71-,72-;/m0./s1. The lowest BCUT2D eigenvalue weighted by Crippen LogP contribution is -2.62. The van der Waals surface area contributed by atoms with E-state index in [9.17, 15) is 81.2 Å². The number of nitrogens with two attached hydrogens (primary N) is 4. The molecule has 140 heavy (non-hydrogen) atoms. The van der Waals surface area contributed by atoms with Gasteiger partial charge in [0.15, 0.2) is 0 Å². The van der Waals surface area contributed by atoms with Gasteiger partial charge < -0.3 is 131 Å². The van der Waals surface area contributed by atoms with E-state index in [0.717, 1.165) is 43.3 Å². The number of phenols is 1. The van der Waals surface area contributed by atoms with E-state index in [0.29, 0.717) is 64.2 Å². The molecule has 48 heteroatoms. The molecule has 0 unspecified atom stereocenters. The van der Waals surface area contributed by atoms with Crippen LogP contribution in [0.25, 0.3) is 21.8 Å². The van der Waals surface area contributed by atoms with Gasteiger partial charge in [0.2, 0.25) is 100 Å². The second-order valence-corrected chi connectivity index (χ2v) is 36.6. The van der Waals surface area contributed by atoms with Crippen molar-refractivity contribution in [2.24, 2.45) is 34.8 Å². The Bertz CT molecular complexity index is 5230. The number of aliphatic carboxylic acids is 2. The highest BCUT2D eigenvalue weighted by Crippen LogP contribution is 2.29. The van der Waals surface area contributed by atoms with Gasteiger partial charge in [-0.1, -0.05) is 116 Å². The summed E-state index contributed by atoms with van der Waals surface area (Å²) in [5.41, 5.74) is 25.8. The van der Waals surface area contributed by atoms with E-state index in [1.54, 1.807) is 82.4 Å². The summed E-state index contributed by atoms with van der Waals surface area (Å²) in [6, 6.07) is -2.49. The highest BCUT2D eigenvalue weighted by Gasteiger charge is 2.46. The Morgan fingerprint density at radius 3 is 1.60 bits per heavy atom. The summed E-state index contributed by atoms with van der Waals surface area (Å²) in [5.74, 6) is -21.9. The van der Waals surface area contributed by atoms with Gasteiger partial charge in [-0.25, -0.2) is 4.79 Å². The summed E-state index contributed by atoms with van der Waals surface area (Å²) in [6.45, 7) is 10.5. The number of likely N-dealkylation sites (N-methyl/N-ethyl adjacent to an activating group) is 4. The van der Waals surface area contributed by atoms with E-state index in [2.05, 4.69) is 58.2 Å². The smallest absolute Gasteiger partial charge is 0.490 e. The first kappa shape index (κ1) is 115. The molecule has 3 aromatic carbocycles. The number of carbonyl (C=O) groups is 19. The molecule has 770 valence electrons. The maximum absolute atomic E-state index is 15.9. The van der Waals surface area contributed by atoms with Crippen LogP contribution in [0.5, 0.6) is 5.75 Å². The zero-order valence-corrected chi connectivity index (χ0v) is 81.1. The number of aromatic nitrogens is 2. The molecule has 2 aliphatic rings. The lowest BCUT2D eigenvalue weighted by atomic mass is 9.99. The number of hydrogen-bond acceptors (Lipinski definition) is 24. The number of H-pyrrole nitrogens is 1. The molecule has 0 radical (unpaired) electrons. The number of primary amides is 2. The molecule has 4 heterocycles. The van der Waals surface area contributed by atoms with Crippen molar-refractivity contribution in [1.29, 1.82) is 0 Å². The van der Waals surface area contributed by atoms with Crippen molar-refractivity contribution in [3.63, 3.8) is 0 Å². The van der Waals surface area contributed by atoms with Gasteiger partial charge in [-0.15, -0.1) is 11.8 Å². The van der Waals surface area contributed by atoms with E-state index in [1.165, 1.54) is 70.0 Å². The molecule has 2 aliphatic heterocycles. The normalized spacial score (nSPS) is 24.0. The van der Waals surface area contributed by atoms with Crippen LogP contribution in [0, 0.1) is 11.8 Å². The maximum Gasteiger partial charge on any atom is 0.490 e. The van der Waals surface area contributed by atoms with Crippen LogP contribution in [0.1, 0.15) is 143 Å². The third-order valence-corrected chi connectivity index (χ3v) is 24.8. The minimum atomic E-state index is -5.08. The number of carbonyl (C=O) groups excluding carboxylic acids is 17. The Hall–Kier alpha value is -13.5. The van der Waals surface area contributed by atoms with Gasteiger partial charge in [-0.3, -0.25) is 86.3 Å². The Kier molecular flexibility index (Phi) is 44.6. The van der Waals surface area contributed by atoms with Crippen molar-refractivity contribution in [2.45, 2.75) is 249 Å². The number of halogens is 3. The molecule has 0 aliphatic carbocycles. The number of benzene rings is 3. The van der Waals surface area contributed by atoms with E-state index >= 15 is 33.6 Å². The summed E-state index contributed by atoms with van der Waals surface area (Å²) in [7, 11) is 5.03. The third kappa shape index (κ3) is 33.7. The van der Waals surface area contributed by atoms with Gasteiger partial charge in [0.1, 0.15) is 96.9 Å². The number of aromatic amines is 1. The number of nitrogens with one attached hydrogen (secondary N) is 11. The van der Waals surface area contributed by atoms with Gasteiger partial charge in [0, 0.05) is 107 Å². The van der Waals surface area contributed by atoms with Crippen LogP contribution in [0.15, 0.2) is 85.2 Å². The van der Waals surface area contributed by atoms with Gasteiger partial charge in [-0.05, 0) is 105 Å². The van der Waals surface area contributed by atoms with Crippen molar-refractivity contribution in [2.75, 3.05) is 65.9 Å². The Balaban J connectivity index is 0.00000412. The van der Waals surface area contributed by atoms with Crippen LogP contribution in [0.3, 0.4) is 0 Å². The number of thioether (sulfide) groups is 1. The maximum atomic E-state index is 15.9. The lowest BCUT2D eigenvalue weighted by Gasteiger charge is -2.36. The predicted octanol–water partition coefficient (Wildman–Crippen LogP) is -1.75. The molecule has 2 saturated heterocycles. The molecule has 5 aromatic rings. The Morgan fingerprint density at radius 2 is 1.03 bits per heavy atom. The van der Waals surface area contributed by atoms with E-state index in [-0.39, 0.29) is 75.5 Å². The lowest BCUT2D eigenvalue weighted by molar-refractivity contribution is -0.192. The number of phenolic OH excluding ortho intramolecular Hbond substituents is 1. The number of nitrogens with zero attached hydrogens (tertiary/aromatic N) is 6. The minimum absolute atomic E-state index is 0.000684. The summed E-state index contributed by atoms with van der Waals surface area (Å²) < 4.78 is 33.2. The van der Waals surface area contributed by atoms with Gasteiger partial charge in [-0.2, -0.15) is 13.2 Å². The van der Waals surface area contributed by atoms with Crippen LogP contribution in [0.2, 0.25) is 0 Å². The number of unbranched alkanes of at least 4 members (excludes halogenated alkanes) is 2. The Labute approximate surface area is 811 Å². The second-order valence-electron chi connectivity index (χ2n) is 35.5. The number of fused-ring (bicyclic) bond motifs is 3. The van der Waals surface area contributed by atoms with Crippen LogP contribution >= 0.6 is 11.8 Å². The zero-order valence-electron chi connectivity index (χ0n) is 80.3. The van der Waals surface area contributed by atoms with Crippen LogP contribution in [-0.2, 0) is 117 Å². The molecule has 0 saturated carbocycles. The first-order valence-electron chi connectivity index (χ1n) is 45.9. The van der Waals surface area contributed by atoms with Gasteiger partial charge in [0.05, 0.1) is 24.8 Å². The molecule has 15 atom stereocenters. The first-order valence-corrected chi connectivity index (χ1v) is 47.0. The molecule has 7 rings (SSSR count). The third-order valence-electron chi connectivity index (χ3n) is 23.8. The SMILES string of the molecule is CCCC[C@H]1C(=O)N(C)[C@@H](CCCC)C(=O)N[C@@H](CC(C)C)C(=O)N[C@H](C(=O)NCC(N)=O)CSCC(=O)N[C@@H](Cc2ccc(O)cc2)C(=O)N(C)[C@@H](C)C(=O)N[C@@H](CC(N)=O)C(=O)N(C)[C@@H](C)C(=O)N[C@@H](CN)C(=O)N[C@@H](CC(C)C)C(=O)N2C[C@H](O)C[C@H]2C(=O)N[C@@H](Cc2c[nH]c3ccccc23)C(=O)N[C@@H](CCN)C(=O)N[C@@H](Cc2cn(CC(=O)O)c3ccccc23)C(=O)N1C.O=C(O)C(F)(F)F. The fourth-order valence-corrected chi connectivity index (χ4v) is 16.8. The van der Waals surface area contributed by atoms with Crippen molar-refractivity contribution in [3.8, 4) is 5.75 Å². The number of aromatic hydroxyl groups is 1. The molecule has 44 nitrogen and oxygen atoms in total. The molecule has 23 N–H and O–H groups in total. The minimum Gasteiger partial charge on any atom is -0.508 e. The zero-order chi connectivity index (χ0) is 105. The number of para-hydroxylation sites is 2. The molecule has 2 aromatic heterocycles. The van der Waals surface area contributed by atoms with Crippen LogP contribution in [-0.4, -0.2) is 330 Å². The summed E-state index contributed by atoms with van der Waals surface area (Å²) in [4.78, 5) is 278. The van der Waals surface area contributed by atoms with Gasteiger partial charge >= 0.3 is 18.1 Å². The second kappa shape index (κ2) is 54.2. The number of aliphatic hydroxyl groups is 1. The highest BCUT2D eigenvalue weighted by molar-refractivity contribution is 8.00. The van der Waals surface area contributed by atoms with E-state index in [1.807, 2.05) is 13.8 Å². The van der Waals surface area contributed by atoms with Crippen molar-refractivity contribution in [3.05, 3.63) is 102 Å². The molecule has 0 bridgehead atoms. The first-order chi connectivity index (χ1) is 65.9. The number of aliphatic hydroxyl groups excluding tert-OH is 1. The topological polar surface area (TPSA) is 667 Å². The van der Waals surface area contributed by atoms with Crippen molar-refractivity contribution >= 4 is 146 Å². The molecule has 17 amide bonds. The number of amides is 17. The number of rotatable bonds is 26. The van der Waals surface area contributed by atoms with Crippen molar-refractivity contribution in [1.82, 2.24) is 87.2 Å². The number of carboxylic acid groups (broad SMARTS) is 2. The van der Waals surface area contributed by atoms with Crippen LogP contribution in [0.4, 0.5) is 13.2 Å². The highest BCUT2D eigenvalue weighted by atomic mass is 32.2. The monoisotopic (exact) mass is 1990 g/mol. The van der Waals surface area contributed by atoms with E-state index in [4.69, 9.17) is 32.8 Å². The summed E-state index contributed by atoms with van der Waals surface area (Å²) in [6.07, 6.45) is -4.39. The van der Waals surface area contributed by atoms with Gasteiger partial charge in [0.25, 0.3) is 0 Å². The molecular formula is C92H132F3N21O23S. The quantitative estimate of drug-likeness (QED) is 0.0292. The summed E-state index contributed by atoms with van der Waals surface area (Å²) in [5, 5.41) is 66.2. The Morgan fingerprint density at radius 1 is 0.536 bits per heavy atom. The molecular weight excluding hydrogens is 1860 g/mol. The fraction of sp³-hybridized carbons (Fsp3) is 0.554. The summed E-state index contributed by atoms with van der Waals surface area (Å²) >= 11 is 0.779. The fourth-order valence-electron chi connectivity index (χ4n) is 15.9. The largest absolute Gasteiger partial charge is 0.508 e. The molecule has 2 fully saturated rings. The number of alkyl halides is 3. The van der Waals surface area contributed by atoms with Crippen LogP contribution < -0.4 is 76.1 Å².